The molecule has 1 aromatic carbocycles. The summed E-state index contributed by atoms with van der Waals surface area (Å²) in [4.78, 5) is 14.1. The summed E-state index contributed by atoms with van der Waals surface area (Å²) < 4.78 is 0. The van der Waals surface area contributed by atoms with Crippen LogP contribution in [0.4, 0.5) is 0 Å². The Hall–Kier alpha value is -1.41. The third-order valence-electron chi connectivity index (χ3n) is 3.38. The topological polar surface area (TPSA) is 20.3 Å². The van der Waals surface area contributed by atoms with E-state index in [1.165, 1.54) is 5.56 Å². The number of rotatable bonds is 3. The lowest BCUT2D eigenvalue weighted by molar-refractivity contribution is -0.114. The summed E-state index contributed by atoms with van der Waals surface area (Å²) in [7, 11) is 4.12. The summed E-state index contributed by atoms with van der Waals surface area (Å²) in [5, 5.41) is 0. The number of allylic oxidation sites excluding steroid dienone is 1. The van der Waals surface area contributed by atoms with Crippen LogP contribution in [0.2, 0.25) is 0 Å². The highest BCUT2D eigenvalue weighted by Crippen LogP contribution is 2.29. The van der Waals surface area contributed by atoms with Crippen molar-refractivity contribution in [1.29, 1.82) is 0 Å². The number of aryl methyl sites for hydroxylation is 1. The molecule has 1 atom stereocenters. The number of ketones is 1. The molecular weight excluding hydrogens is 222 g/mol. The fourth-order valence-electron chi connectivity index (χ4n) is 2.54. The number of benzene rings is 1. The van der Waals surface area contributed by atoms with Crippen LogP contribution in [0.5, 0.6) is 0 Å². The van der Waals surface area contributed by atoms with Crippen molar-refractivity contribution >= 4 is 11.9 Å². The summed E-state index contributed by atoms with van der Waals surface area (Å²) in [6.07, 6.45) is 3.68. The summed E-state index contributed by atoms with van der Waals surface area (Å²) in [5.41, 5.74) is 3.38. The monoisotopic (exact) mass is 243 g/mol. The van der Waals surface area contributed by atoms with Crippen LogP contribution in [0.15, 0.2) is 29.8 Å². The highest BCUT2D eigenvalue weighted by Gasteiger charge is 2.27. The van der Waals surface area contributed by atoms with E-state index in [2.05, 4.69) is 56.3 Å². The molecule has 1 aliphatic carbocycles. The van der Waals surface area contributed by atoms with Crippen LogP contribution in [0.25, 0.3) is 6.08 Å². The van der Waals surface area contributed by atoms with E-state index in [4.69, 9.17) is 0 Å². The van der Waals surface area contributed by atoms with Crippen LogP contribution in [0.3, 0.4) is 0 Å². The van der Waals surface area contributed by atoms with Gasteiger partial charge in [0.25, 0.3) is 0 Å². The van der Waals surface area contributed by atoms with Gasteiger partial charge >= 0.3 is 0 Å². The molecule has 0 spiro atoms. The summed E-state index contributed by atoms with van der Waals surface area (Å²) in [6, 6.07) is 8.33. The highest BCUT2D eigenvalue weighted by atomic mass is 16.1. The van der Waals surface area contributed by atoms with Crippen molar-refractivity contribution in [3.8, 4) is 0 Å². The molecule has 1 aliphatic rings. The lowest BCUT2D eigenvalue weighted by atomic mass is 10.1. The van der Waals surface area contributed by atoms with Crippen LogP contribution < -0.4 is 0 Å². The molecule has 0 saturated heterocycles. The van der Waals surface area contributed by atoms with Gasteiger partial charge in [0, 0.05) is 13.0 Å². The fourth-order valence-corrected chi connectivity index (χ4v) is 2.54. The van der Waals surface area contributed by atoms with E-state index in [0.717, 1.165) is 24.1 Å². The average Bonchev–Trinajstić information content (AvgIpc) is 2.61. The lowest BCUT2D eigenvalue weighted by Gasteiger charge is -2.13. The minimum atomic E-state index is 0.322. The highest BCUT2D eigenvalue weighted by molar-refractivity contribution is 6.01. The number of nitrogens with zero attached hydrogens (tertiary/aromatic N) is 1. The second kappa shape index (κ2) is 5.49. The van der Waals surface area contributed by atoms with Gasteiger partial charge in [0.1, 0.15) is 0 Å². The number of hydrogen-bond acceptors (Lipinski definition) is 2. The second-order valence-electron chi connectivity index (χ2n) is 5.54. The van der Waals surface area contributed by atoms with Gasteiger partial charge in [-0.15, -0.1) is 0 Å². The van der Waals surface area contributed by atoms with Gasteiger partial charge in [0.2, 0.25) is 0 Å². The van der Waals surface area contributed by atoms with Crippen LogP contribution in [0.1, 0.15) is 24.0 Å². The average molecular weight is 243 g/mol. The zero-order valence-electron chi connectivity index (χ0n) is 11.4. The standard InChI is InChI=1S/C16H21NO/c1-12-4-6-13(7-5-12)8-15-9-14(10-16(15)18)11-17(2)3/h4-8,14H,9-11H2,1-3H3. The van der Waals surface area contributed by atoms with Gasteiger partial charge in [-0.05, 0) is 50.6 Å². The third-order valence-corrected chi connectivity index (χ3v) is 3.38. The first-order valence-electron chi connectivity index (χ1n) is 6.50. The van der Waals surface area contributed by atoms with Gasteiger partial charge < -0.3 is 4.90 Å². The maximum absolute atomic E-state index is 12.0. The molecule has 0 heterocycles. The molecule has 1 fully saturated rings. The van der Waals surface area contributed by atoms with E-state index in [1.54, 1.807) is 0 Å². The predicted molar refractivity (Wildman–Crippen MR) is 75.4 cm³/mol. The molecule has 0 bridgehead atoms. The Kier molecular flexibility index (Phi) is 3.97. The van der Waals surface area contributed by atoms with Gasteiger partial charge in [0.05, 0.1) is 0 Å². The van der Waals surface area contributed by atoms with Crippen LogP contribution >= 0.6 is 0 Å². The van der Waals surface area contributed by atoms with Crippen molar-refractivity contribution in [1.82, 2.24) is 4.90 Å². The Morgan fingerprint density at radius 1 is 1.22 bits per heavy atom. The first kappa shape index (κ1) is 13.0. The first-order valence-corrected chi connectivity index (χ1v) is 6.50. The molecule has 1 saturated carbocycles. The zero-order valence-corrected chi connectivity index (χ0v) is 11.4. The van der Waals surface area contributed by atoms with Gasteiger partial charge in [-0.1, -0.05) is 29.8 Å². The fraction of sp³-hybridized carbons (Fsp3) is 0.438. The molecule has 0 aliphatic heterocycles. The van der Waals surface area contributed by atoms with Crippen LogP contribution in [-0.2, 0) is 4.79 Å². The minimum Gasteiger partial charge on any atom is -0.309 e. The smallest absolute Gasteiger partial charge is 0.159 e. The quantitative estimate of drug-likeness (QED) is 0.761. The molecular formula is C16H21NO. The Labute approximate surface area is 109 Å². The molecule has 1 unspecified atom stereocenters. The molecule has 0 radical (unpaired) electrons. The van der Waals surface area contributed by atoms with Crippen LogP contribution in [-0.4, -0.2) is 31.3 Å². The Balaban J connectivity index is 2.09. The summed E-state index contributed by atoms with van der Waals surface area (Å²) in [5.74, 6) is 0.812. The van der Waals surface area contributed by atoms with Crippen molar-refractivity contribution in [3.63, 3.8) is 0 Å². The van der Waals surface area contributed by atoms with Crippen molar-refractivity contribution < 1.29 is 4.79 Å². The second-order valence-corrected chi connectivity index (χ2v) is 5.54. The molecule has 2 rings (SSSR count). The molecule has 0 N–H and O–H groups in total. The summed E-state index contributed by atoms with van der Waals surface area (Å²) in [6.45, 7) is 3.07. The first-order chi connectivity index (χ1) is 8.54. The van der Waals surface area contributed by atoms with E-state index >= 15 is 0 Å². The maximum Gasteiger partial charge on any atom is 0.159 e. The Morgan fingerprint density at radius 3 is 2.50 bits per heavy atom. The van der Waals surface area contributed by atoms with E-state index < -0.39 is 0 Å². The van der Waals surface area contributed by atoms with Crippen molar-refractivity contribution in [2.75, 3.05) is 20.6 Å². The van der Waals surface area contributed by atoms with Crippen molar-refractivity contribution in [2.45, 2.75) is 19.8 Å². The largest absolute Gasteiger partial charge is 0.309 e. The van der Waals surface area contributed by atoms with Gasteiger partial charge in [-0.25, -0.2) is 0 Å². The van der Waals surface area contributed by atoms with E-state index in [9.17, 15) is 4.79 Å². The Morgan fingerprint density at radius 2 is 1.89 bits per heavy atom. The molecule has 0 amide bonds. The molecule has 18 heavy (non-hydrogen) atoms. The zero-order chi connectivity index (χ0) is 13.1. The maximum atomic E-state index is 12.0. The van der Waals surface area contributed by atoms with Crippen LogP contribution in [0, 0.1) is 12.8 Å². The van der Waals surface area contributed by atoms with Gasteiger partial charge in [0.15, 0.2) is 5.78 Å². The lowest BCUT2D eigenvalue weighted by Crippen LogP contribution is -2.19. The molecule has 1 aromatic rings. The van der Waals surface area contributed by atoms with E-state index in [-0.39, 0.29) is 0 Å². The SMILES string of the molecule is Cc1ccc(C=C2CC(CN(C)C)CC2=O)cc1. The Bertz CT molecular complexity index is 456. The molecule has 0 aromatic heterocycles. The molecule has 96 valence electrons. The third kappa shape index (κ3) is 3.30. The number of Topliss-reactive ketones (excluding diaryl/α,β-unsaturated/α-hetero) is 1. The number of carbonyl (C=O) groups excluding carboxylic acids is 1. The van der Waals surface area contributed by atoms with E-state index in [0.29, 0.717) is 18.1 Å². The predicted octanol–water partition coefficient (Wildman–Crippen LogP) is 2.92. The normalized spacial score (nSPS) is 22.1. The molecule has 2 nitrogen and oxygen atoms in total. The van der Waals surface area contributed by atoms with E-state index in [1.807, 2.05) is 0 Å². The number of carbonyl (C=O) groups is 1. The van der Waals surface area contributed by atoms with Gasteiger partial charge in [-0.3, -0.25) is 4.79 Å². The van der Waals surface area contributed by atoms with Crippen molar-refractivity contribution in [3.05, 3.63) is 41.0 Å². The van der Waals surface area contributed by atoms with Crippen molar-refractivity contribution in [2.24, 2.45) is 5.92 Å². The number of hydrogen-bond donors (Lipinski definition) is 0. The molecule has 2 heteroatoms. The van der Waals surface area contributed by atoms with Gasteiger partial charge in [-0.2, -0.15) is 0 Å². The minimum absolute atomic E-state index is 0.322. The summed E-state index contributed by atoms with van der Waals surface area (Å²) >= 11 is 0.